The molecular formula is C15H22N2O. The summed E-state index contributed by atoms with van der Waals surface area (Å²) in [6.07, 6.45) is 2.43. The summed E-state index contributed by atoms with van der Waals surface area (Å²) in [4.78, 5) is 12.0. The number of amides is 1. The second-order valence-electron chi connectivity index (χ2n) is 5.67. The van der Waals surface area contributed by atoms with Crippen LogP contribution in [0, 0.1) is 5.41 Å². The molecule has 2 N–H and O–H groups in total. The largest absolute Gasteiger partial charge is 0.350 e. The molecule has 0 saturated carbocycles. The second kappa shape index (κ2) is 5.53. The van der Waals surface area contributed by atoms with Crippen LogP contribution in [0.2, 0.25) is 0 Å². The fourth-order valence-electron chi connectivity index (χ4n) is 2.51. The molecule has 98 valence electrons. The second-order valence-corrected chi connectivity index (χ2v) is 5.67. The van der Waals surface area contributed by atoms with Crippen LogP contribution >= 0.6 is 0 Å². The van der Waals surface area contributed by atoms with Crippen LogP contribution in [0.5, 0.6) is 0 Å². The quantitative estimate of drug-likeness (QED) is 0.858. The van der Waals surface area contributed by atoms with Gasteiger partial charge in [0.15, 0.2) is 0 Å². The molecule has 1 heterocycles. The molecule has 1 saturated heterocycles. The van der Waals surface area contributed by atoms with Crippen molar-refractivity contribution in [3.63, 3.8) is 0 Å². The molecule has 0 bridgehead atoms. The molecule has 2 rings (SSSR count). The molecule has 18 heavy (non-hydrogen) atoms. The Bertz CT molecular complexity index is 400. The van der Waals surface area contributed by atoms with Gasteiger partial charge in [0.05, 0.1) is 0 Å². The molecule has 1 fully saturated rings. The minimum atomic E-state index is 0.0128. The van der Waals surface area contributed by atoms with Gasteiger partial charge in [0.25, 0.3) is 5.91 Å². The van der Waals surface area contributed by atoms with Crippen molar-refractivity contribution in [2.45, 2.75) is 32.7 Å². The van der Waals surface area contributed by atoms with Crippen LogP contribution in [0.3, 0.4) is 0 Å². The number of piperidine rings is 1. The van der Waals surface area contributed by atoms with E-state index in [-0.39, 0.29) is 11.3 Å². The lowest BCUT2D eigenvalue weighted by molar-refractivity contribution is 0.0929. The minimum absolute atomic E-state index is 0.0128. The van der Waals surface area contributed by atoms with Crippen molar-refractivity contribution in [2.75, 3.05) is 13.1 Å². The Hall–Kier alpha value is -1.35. The Labute approximate surface area is 109 Å². The Morgan fingerprint density at radius 2 is 2.11 bits per heavy atom. The van der Waals surface area contributed by atoms with Crippen molar-refractivity contribution >= 4 is 5.91 Å². The fourth-order valence-corrected chi connectivity index (χ4v) is 2.51. The van der Waals surface area contributed by atoms with E-state index >= 15 is 0 Å². The van der Waals surface area contributed by atoms with Crippen LogP contribution in [0.1, 0.15) is 37.0 Å². The zero-order valence-electron chi connectivity index (χ0n) is 11.2. The smallest absolute Gasteiger partial charge is 0.251 e. The number of carbonyl (C=O) groups excluding carboxylic acids is 1. The number of benzene rings is 1. The molecule has 1 aliphatic heterocycles. The number of hydrogen-bond acceptors (Lipinski definition) is 2. The molecule has 1 atom stereocenters. The van der Waals surface area contributed by atoms with Gasteiger partial charge >= 0.3 is 0 Å². The molecule has 1 aromatic rings. The Morgan fingerprint density at radius 3 is 2.78 bits per heavy atom. The third-order valence-corrected chi connectivity index (χ3v) is 3.83. The van der Waals surface area contributed by atoms with Crippen molar-refractivity contribution in [3.8, 4) is 0 Å². The summed E-state index contributed by atoms with van der Waals surface area (Å²) in [5.41, 5.74) is 0.980. The van der Waals surface area contributed by atoms with Crippen molar-refractivity contribution in [2.24, 2.45) is 5.41 Å². The van der Waals surface area contributed by atoms with Gasteiger partial charge < -0.3 is 10.6 Å². The van der Waals surface area contributed by atoms with Crippen LogP contribution in [-0.2, 0) is 0 Å². The molecule has 0 radical (unpaired) electrons. The predicted molar refractivity (Wildman–Crippen MR) is 73.6 cm³/mol. The van der Waals surface area contributed by atoms with Crippen LogP contribution in [0.25, 0.3) is 0 Å². The monoisotopic (exact) mass is 246 g/mol. The Balaban J connectivity index is 1.90. The lowest BCUT2D eigenvalue weighted by Gasteiger charge is -2.39. The number of nitrogens with one attached hydrogen (secondary N) is 2. The summed E-state index contributed by atoms with van der Waals surface area (Å²) in [6, 6.07) is 9.74. The van der Waals surface area contributed by atoms with E-state index in [4.69, 9.17) is 0 Å². The minimum Gasteiger partial charge on any atom is -0.350 e. The Morgan fingerprint density at radius 1 is 1.39 bits per heavy atom. The predicted octanol–water partition coefficient (Wildman–Crippen LogP) is 2.19. The van der Waals surface area contributed by atoms with Gasteiger partial charge in [0, 0.05) is 18.2 Å². The number of rotatable bonds is 3. The molecular weight excluding hydrogens is 224 g/mol. The average molecular weight is 246 g/mol. The molecule has 3 heteroatoms. The first-order valence-electron chi connectivity index (χ1n) is 6.66. The highest BCUT2D eigenvalue weighted by Crippen LogP contribution is 2.29. The van der Waals surface area contributed by atoms with Gasteiger partial charge in [0.2, 0.25) is 0 Å². The summed E-state index contributed by atoms with van der Waals surface area (Å²) >= 11 is 0. The lowest BCUT2D eigenvalue weighted by Crippen LogP contribution is -2.52. The van der Waals surface area contributed by atoms with Gasteiger partial charge in [-0.15, -0.1) is 0 Å². The molecule has 0 aromatic heterocycles. The molecule has 3 nitrogen and oxygen atoms in total. The highest BCUT2D eigenvalue weighted by atomic mass is 16.1. The summed E-state index contributed by atoms with van der Waals surface area (Å²) in [5, 5.41) is 6.52. The van der Waals surface area contributed by atoms with E-state index in [2.05, 4.69) is 24.5 Å². The first kappa shape index (κ1) is 13.1. The van der Waals surface area contributed by atoms with Crippen LogP contribution in [0.4, 0.5) is 0 Å². The van der Waals surface area contributed by atoms with Crippen LogP contribution < -0.4 is 10.6 Å². The van der Waals surface area contributed by atoms with E-state index in [1.165, 1.54) is 12.8 Å². The molecule has 1 amide bonds. The fraction of sp³-hybridized carbons (Fsp3) is 0.533. The average Bonchev–Trinajstić information content (AvgIpc) is 2.38. The van der Waals surface area contributed by atoms with Gasteiger partial charge in [-0.25, -0.2) is 0 Å². The summed E-state index contributed by atoms with van der Waals surface area (Å²) in [7, 11) is 0. The lowest BCUT2D eigenvalue weighted by atomic mass is 9.77. The maximum Gasteiger partial charge on any atom is 0.251 e. The van der Waals surface area contributed by atoms with E-state index in [1.807, 2.05) is 30.3 Å². The summed E-state index contributed by atoms with van der Waals surface area (Å²) in [5.74, 6) is 0.0128. The highest BCUT2D eigenvalue weighted by Gasteiger charge is 2.31. The normalized spacial score (nSPS) is 22.4. The summed E-state index contributed by atoms with van der Waals surface area (Å²) in [6.45, 7) is 6.27. The molecule has 1 unspecified atom stereocenters. The highest BCUT2D eigenvalue weighted by molar-refractivity contribution is 5.94. The first-order chi connectivity index (χ1) is 8.59. The molecule has 1 aromatic carbocycles. The van der Waals surface area contributed by atoms with Crippen molar-refractivity contribution in [1.82, 2.24) is 10.6 Å². The molecule has 1 aliphatic rings. The third-order valence-electron chi connectivity index (χ3n) is 3.83. The molecule has 0 aliphatic carbocycles. The van der Waals surface area contributed by atoms with Gasteiger partial charge in [-0.1, -0.05) is 32.0 Å². The van der Waals surface area contributed by atoms with Gasteiger partial charge in [0.1, 0.15) is 0 Å². The molecule has 0 spiro atoms. The number of carbonyl (C=O) groups is 1. The topological polar surface area (TPSA) is 41.1 Å². The van der Waals surface area contributed by atoms with E-state index < -0.39 is 0 Å². The standard InChI is InChI=1S/C15H22N2O/c1-15(2)9-6-10-16-13(15)11-17-14(18)12-7-4-3-5-8-12/h3-5,7-8,13,16H,6,9-11H2,1-2H3,(H,17,18). The van der Waals surface area contributed by atoms with Crippen LogP contribution in [0.15, 0.2) is 30.3 Å². The van der Waals surface area contributed by atoms with E-state index in [9.17, 15) is 4.79 Å². The van der Waals surface area contributed by atoms with E-state index in [0.717, 1.165) is 12.1 Å². The van der Waals surface area contributed by atoms with E-state index in [1.54, 1.807) is 0 Å². The zero-order chi connectivity index (χ0) is 13.0. The summed E-state index contributed by atoms with van der Waals surface area (Å²) < 4.78 is 0. The van der Waals surface area contributed by atoms with E-state index in [0.29, 0.717) is 12.6 Å². The van der Waals surface area contributed by atoms with Gasteiger partial charge in [-0.3, -0.25) is 4.79 Å². The van der Waals surface area contributed by atoms with Crippen molar-refractivity contribution in [1.29, 1.82) is 0 Å². The first-order valence-corrected chi connectivity index (χ1v) is 6.66. The number of hydrogen-bond donors (Lipinski definition) is 2. The van der Waals surface area contributed by atoms with Gasteiger partial charge in [-0.2, -0.15) is 0 Å². The van der Waals surface area contributed by atoms with Gasteiger partial charge in [-0.05, 0) is 36.9 Å². The van der Waals surface area contributed by atoms with Crippen LogP contribution in [-0.4, -0.2) is 25.0 Å². The Kier molecular flexibility index (Phi) is 4.02. The SMILES string of the molecule is CC1(C)CCCNC1CNC(=O)c1ccccc1. The maximum atomic E-state index is 12.0. The van der Waals surface area contributed by atoms with Crippen molar-refractivity contribution < 1.29 is 4.79 Å². The van der Waals surface area contributed by atoms with Crippen molar-refractivity contribution in [3.05, 3.63) is 35.9 Å². The maximum absolute atomic E-state index is 12.0. The zero-order valence-corrected chi connectivity index (χ0v) is 11.2. The third kappa shape index (κ3) is 3.10.